The Morgan fingerprint density at radius 1 is 0.958 bits per heavy atom. The standard InChI is InChI=1S/C20H37N2O.ClH/c1-5-7-8-9-10-11-12-13-17-22(3,4)18-19-20(23-6-2)15-14-16-21-19;/h14-16H,5-13,17-18H2,1-4H3;1H/q+1;/p-1. The van der Waals surface area contributed by atoms with Crippen LogP contribution in [0.15, 0.2) is 18.3 Å². The van der Waals surface area contributed by atoms with Crippen molar-refractivity contribution in [1.82, 2.24) is 4.98 Å². The van der Waals surface area contributed by atoms with Crippen LogP contribution in [0.5, 0.6) is 5.75 Å². The smallest absolute Gasteiger partial charge is 0.146 e. The van der Waals surface area contributed by atoms with Gasteiger partial charge in [0.05, 0.1) is 27.2 Å². The lowest BCUT2D eigenvalue weighted by molar-refractivity contribution is -0.904. The lowest BCUT2D eigenvalue weighted by atomic mass is 10.1. The summed E-state index contributed by atoms with van der Waals surface area (Å²) in [4.78, 5) is 4.53. The van der Waals surface area contributed by atoms with Gasteiger partial charge in [-0.1, -0.05) is 45.4 Å². The molecule has 3 nitrogen and oxygen atoms in total. The van der Waals surface area contributed by atoms with Gasteiger partial charge in [0.25, 0.3) is 0 Å². The van der Waals surface area contributed by atoms with Crippen LogP contribution < -0.4 is 17.1 Å². The molecule has 0 bridgehead atoms. The number of unbranched alkanes of at least 4 members (excludes halogenated alkanes) is 7. The van der Waals surface area contributed by atoms with Crippen molar-refractivity contribution in [3.8, 4) is 5.75 Å². The maximum absolute atomic E-state index is 5.70. The van der Waals surface area contributed by atoms with E-state index in [1.807, 2.05) is 25.3 Å². The molecule has 0 saturated heterocycles. The molecule has 1 aromatic heterocycles. The topological polar surface area (TPSA) is 22.1 Å². The van der Waals surface area contributed by atoms with Gasteiger partial charge in [0.1, 0.15) is 18.0 Å². The molecule has 0 N–H and O–H groups in total. The molecular weight excluding hydrogens is 320 g/mol. The number of halogens is 1. The van der Waals surface area contributed by atoms with Crippen molar-refractivity contribution in [3.05, 3.63) is 24.0 Å². The fourth-order valence-electron chi connectivity index (χ4n) is 2.99. The zero-order valence-electron chi connectivity index (χ0n) is 16.2. The zero-order chi connectivity index (χ0) is 17.0. The van der Waals surface area contributed by atoms with Crippen LogP contribution in [0.4, 0.5) is 0 Å². The fourth-order valence-corrected chi connectivity index (χ4v) is 2.99. The Morgan fingerprint density at radius 2 is 1.58 bits per heavy atom. The summed E-state index contributed by atoms with van der Waals surface area (Å²) in [7, 11) is 4.59. The van der Waals surface area contributed by atoms with Crippen molar-refractivity contribution in [3.63, 3.8) is 0 Å². The van der Waals surface area contributed by atoms with Crippen molar-refractivity contribution in [1.29, 1.82) is 0 Å². The molecule has 24 heavy (non-hydrogen) atoms. The number of pyridine rings is 1. The molecule has 0 aliphatic carbocycles. The summed E-state index contributed by atoms with van der Waals surface area (Å²) in [5.41, 5.74) is 1.08. The monoisotopic (exact) mass is 356 g/mol. The van der Waals surface area contributed by atoms with Crippen LogP contribution in [0, 0.1) is 0 Å². The molecule has 0 unspecified atom stereocenters. The van der Waals surface area contributed by atoms with Crippen LogP contribution in [0.3, 0.4) is 0 Å². The van der Waals surface area contributed by atoms with Crippen LogP contribution >= 0.6 is 0 Å². The minimum atomic E-state index is 0. The first-order valence-corrected chi connectivity index (χ1v) is 9.47. The minimum absolute atomic E-state index is 0. The van der Waals surface area contributed by atoms with Crippen LogP contribution in [0.2, 0.25) is 0 Å². The lowest BCUT2D eigenvalue weighted by Crippen LogP contribution is -3.00. The highest BCUT2D eigenvalue weighted by atomic mass is 35.5. The molecule has 1 rings (SSSR count). The Bertz CT molecular complexity index is 424. The molecule has 0 atom stereocenters. The lowest BCUT2D eigenvalue weighted by Gasteiger charge is -2.30. The van der Waals surface area contributed by atoms with E-state index in [1.54, 1.807) is 0 Å². The number of quaternary nitrogens is 1. The molecule has 0 spiro atoms. The predicted octanol–water partition coefficient (Wildman–Crippen LogP) is 2.20. The molecule has 4 heteroatoms. The van der Waals surface area contributed by atoms with Crippen molar-refractivity contribution in [2.75, 3.05) is 27.2 Å². The van der Waals surface area contributed by atoms with Gasteiger partial charge in [-0.25, -0.2) is 0 Å². The van der Waals surface area contributed by atoms with Crippen LogP contribution in [-0.4, -0.2) is 36.7 Å². The van der Waals surface area contributed by atoms with E-state index in [0.29, 0.717) is 6.61 Å². The Morgan fingerprint density at radius 3 is 2.21 bits per heavy atom. The fraction of sp³-hybridized carbons (Fsp3) is 0.750. The van der Waals surface area contributed by atoms with Gasteiger partial charge in [0.2, 0.25) is 0 Å². The van der Waals surface area contributed by atoms with Gasteiger partial charge < -0.3 is 21.6 Å². The summed E-state index contributed by atoms with van der Waals surface area (Å²) in [5, 5.41) is 0. The Labute approximate surface area is 155 Å². The summed E-state index contributed by atoms with van der Waals surface area (Å²) in [6.45, 7) is 7.14. The van der Waals surface area contributed by atoms with E-state index < -0.39 is 0 Å². The van der Waals surface area contributed by atoms with Gasteiger partial charge in [-0.2, -0.15) is 0 Å². The normalized spacial score (nSPS) is 11.2. The molecule has 0 aliphatic heterocycles. The third-order valence-corrected chi connectivity index (χ3v) is 4.34. The first-order valence-electron chi connectivity index (χ1n) is 9.47. The Kier molecular flexibility index (Phi) is 13.0. The number of aromatic nitrogens is 1. The van der Waals surface area contributed by atoms with Crippen LogP contribution in [0.1, 0.15) is 70.9 Å². The molecule has 0 amide bonds. The van der Waals surface area contributed by atoms with E-state index in [2.05, 4.69) is 26.0 Å². The molecular formula is C20H37ClN2O. The molecule has 1 aromatic rings. The number of ether oxygens (including phenoxy) is 1. The number of rotatable bonds is 13. The Hall–Kier alpha value is -0.800. The Balaban J connectivity index is 0.00000529. The van der Waals surface area contributed by atoms with Crippen LogP contribution in [-0.2, 0) is 6.54 Å². The molecule has 0 saturated carbocycles. The van der Waals surface area contributed by atoms with Crippen molar-refractivity contribution in [2.45, 2.75) is 71.8 Å². The van der Waals surface area contributed by atoms with Gasteiger partial charge in [-0.05, 0) is 31.9 Å². The molecule has 0 fully saturated rings. The van der Waals surface area contributed by atoms with E-state index in [1.165, 1.54) is 57.9 Å². The van der Waals surface area contributed by atoms with E-state index in [4.69, 9.17) is 4.74 Å². The third-order valence-electron chi connectivity index (χ3n) is 4.34. The molecule has 0 radical (unpaired) electrons. The van der Waals surface area contributed by atoms with Crippen molar-refractivity contribution >= 4 is 0 Å². The predicted molar refractivity (Wildman–Crippen MR) is 98.7 cm³/mol. The summed E-state index contributed by atoms with van der Waals surface area (Å²) in [6, 6.07) is 3.98. The second-order valence-corrected chi connectivity index (χ2v) is 7.17. The third kappa shape index (κ3) is 10.1. The van der Waals surface area contributed by atoms with Gasteiger partial charge in [-0.3, -0.25) is 4.98 Å². The zero-order valence-corrected chi connectivity index (χ0v) is 16.9. The summed E-state index contributed by atoms with van der Waals surface area (Å²) in [6.07, 6.45) is 12.9. The quantitative estimate of drug-likeness (QED) is 0.399. The second-order valence-electron chi connectivity index (χ2n) is 7.17. The molecule has 0 aromatic carbocycles. The van der Waals surface area contributed by atoms with E-state index in [0.717, 1.165) is 22.5 Å². The van der Waals surface area contributed by atoms with Gasteiger partial charge >= 0.3 is 0 Å². The average Bonchev–Trinajstić information content (AvgIpc) is 2.52. The number of hydrogen-bond donors (Lipinski definition) is 0. The SMILES string of the molecule is CCCCCCCCCC[N+](C)(C)Cc1ncccc1OCC.[Cl-]. The maximum Gasteiger partial charge on any atom is 0.146 e. The summed E-state index contributed by atoms with van der Waals surface area (Å²) < 4.78 is 6.68. The highest BCUT2D eigenvalue weighted by Gasteiger charge is 2.19. The average molecular weight is 357 g/mol. The van der Waals surface area contributed by atoms with E-state index in [9.17, 15) is 0 Å². The maximum atomic E-state index is 5.70. The second kappa shape index (κ2) is 13.5. The highest BCUT2D eigenvalue weighted by Crippen LogP contribution is 2.20. The molecule has 140 valence electrons. The minimum Gasteiger partial charge on any atom is -1.00 e. The summed E-state index contributed by atoms with van der Waals surface area (Å²) >= 11 is 0. The first-order chi connectivity index (χ1) is 11.1. The van der Waals surface area contributed by atoms with Gasteiger partial charge in [0.15, 0.2) is 0 Å². The highest BCUT2D eigenvalue weighted by molar-refractivity contribution is 5.26. The first kappa shape index (κ1) is 23.2. The van der Waals surface area contributed by atoms with E-state index >= 15 is 0 Å². The van der Waals surface area contributed by atoms with Crippen molar-refractivity contribution in [2.24, 2.45) is 0 Å². The number of nitrogens with zero attached hydrogens (tertiary/aromatic N) is 2. The molecule has 1 heterocycles. The summed E-state index contributed by atoms with van der Waals surface area (Å²) in [5.74, 6) is 0.942. The molecule has 0 aliphatic rings. The van der Waals surface area contributed by atoms with Gasteiger partial charge in [0, 0.05) is 6.20 Å². The van der Waals surface area contributed by atoms with Crippen LogP contribution in [0.25, 0.3) is 0 Å². The van der Waals surface area contributed by atoms with Crippen molar-refractivity contribution < 1.29 is 21.6 Å². The largest absolute Gasteiger partial charge is 1.00 e. The number of hydrogen-bond acceptors (Lipinski definition) is 2. The van der Waals surface area contributed by atoms with Gasteiger partial charge in [-0.15, -0.1) is 0 Å². The van der Waals surface area contributed by atoms with E-state index in [-0.39, 0.29) is 12.4 Å².